The highest BCUT2D eigenvalue weighted by Gasteiger charge is 2.37. The van der Waals surface area contributed by atoms with Gasteiger partial charge in [-0.1, -0.05) is 30.3 Å². The first-order chi connectivity index (χ1) is 9.25. The lowest BCUT2D eigenvalue weighted by atomic mass is 9.98. The maximum absolute atomic E-state index is 12.4. The molecule has 1 saturated heterocycles. The zero-order valence-electron chi connectivity index (χ0n) is 11.2. The van der Waals surface area contributed by atoms with Crippen molar-refractivity contribution in [3.63, 3.8) is 0 Å². The van der Waals surface area contributed by atoms with Crippen molar-refractivity contribution in [2.24, 2.45) is 5.92 Å². The molecular weight excluding hydrogens is 238 g/mol. The van der Waals surface area contributed by atoms with Crippen molar-refractivity contribution in [1.82, 2.24) is 4.90 Å². The second kappa shape index (κ2) is 5.33. The number of hydrogen-bond acceptors (Lipinski definition) is 2. The summed E-state index contributed by atoms with van der Waals surface area (Å²) in [7, 11) is 0. The van der Waals surface area contributed by atoms with Gasteiger partial charge in [-0.15, -0.1) is 0 Å². The number of benzene rings is 1. The van der Waals surface area contributed by atoms with Crippen LogP contribution in [-0.2, 0) is 4.79 Å². The van der Waals surface area contributed by atoms with Crippen molar-refractivity contribution in [3.8, 4) is 0 Å². The average Bonchev–Trinajstić information content (AvgIpc) is 3.08. The molecule has 3 unspecified atom stereocenters. The Balaban J connectivity index is 1.64. The number of hydrogen-bond donors (Lipinski definition) is 1. The number of carbonyl (C=O) groups is 1. The van der Waals surface area contributed by atoms with Crippen LogP contribution in [0.2, 0.25) is 0 Å². The molecule has 2 fully saturated rings. The second-order valence-electron chi connectivity index (χ2n) is 5.79. The van der Waals surface area contributed by atoms with Gasteiger partial charge in [-0.25, -0.2) is 0 Å². The average molecular weight is 259 g/mol. The molecule has 3 heteroatoms. The summed E-state index contributed by atoms with van der Waals surface area (Å²) < 4.78 is 0. The van der Waals surface area contributed by atoms with E-state index in [0.29, 0.717) is 5.92 Å². The molecule has 1 amide bonds. The van der Waals surface area contributed by atoms with Gasteiger partial charge in [0.1, 0.15) is 0 Å². The predicted octanol–water partition coefficient (Wildman–Crippen LogP) is 2.16. The largest absolute Gasteiger partial charge is 0.392 e. The van der Waals surface area contributed by atoms with E-state index in [1.165, 1.54) is 5.56 Å². The Kier molecular flexibility index (Phi) is 3.56. The monoisotopic (exact) mass is 259 g/mol. The molecule has 0 radical (unpaired) electrons. The summed E-state index contributed by atoms with van der Waals surface area (Å²) in [6.07, 6.45) is 3.24. The van der Waals surface area contributed by atoms with Gasteiger partial charge in [0.2, 0.25) is 5.91 Å². The lowest BCUT2D eigenvalue weighted by molar-refractivity contribution is -0.137. The van der Waals surface area contributed by atoms with E-state index in [4.69, 9.17) is 0 Å². The molecule has 19 heavy (non-hydrogen) atoms. The fourth-order valence-corrected chi connectivity index (χ4v) is 3.42. The molecule has 3 rings (SSSR count). The SMILES string of the molecule is O=C(C1CCCC1O)N1CCC(c2ccccc2)C1. The third-order valence-corrected chi connectivity index (χ3v) is 4.57. The van der Waals surface area contributed by atoms with E-state index in [-0.39, 0.29) is 11.8 Å². The molecule has 1 aromatic rings. The van der Waals surface area contributed by atoms with E-state index in [2.05, 4.69) is 24.3 Å². The van der Waals surface area contributed by atoms with Crippen LogP contribution in [0.25, 0.3) is 0 Å². The first-order valence-corrected chi connectivity index (χ1v) is 7.27. The molecule has 1 aliphatic heterocycles. The number of carbonyl (C=O) groups excluding carboxylic acids is 1. The van der Waals surface area contributed by atoms with Crippen LogP contribution in [0.4, 0.5) is 0 Å². The molecule has 1 N–H and O–H groups in total. The molecule has 102 valence electrons. The molecule has 0 spiro atoms. The van der Waals surface area contributed by atoms with Crippen LogP contribution in [0.1, 0.15) is 37.2 Å². The molecule has 3 nitrogen and oxygen atoms in total. The topological polar surface area (TPSA) is 40.5 Å². The van der Waals surface area contributed by atoms with E-state index in [9.17, 15) is 9.90 Å². The Morgan fingerprint density at radius 1 is 1.16 bits per heavy atom. The summed E-state index contributed by atoms with van der Waals surface area (Å²) in [5.74, 6) is 0.488. The van der Waals surface area contributed by atoms with E-state index in [1.807, 2.05) is 11.0 Å². The maximum Gasteiger partial charge on any atom is 0.228 e. The molecule has 3 atom stereocenters. The smallest absolute Gasteiger partial charge is 0.228 e. The Labute approximate surface area is 114 Å². The minimum absolute atomic E-state index is 0.144. The van der Waals surface area contributed by atoms with Crippen molar-refractivity contribution in [3.05, 3.63) is 35.9 Å². The predicted molar refractivity (Wildman–Crippen MR) is 73.7 cm³/mol. The summed E-state index contributed by atoms with van der Waals surface area (Å²) in [5, 5.41) is 9.86. The molecule has 1 saturated carbocycles. The van der Waals surface area contributed by atoms with E-state index in [0.717, 1.165) is 38.8 Å². The lowest BCUT2D eigenvalue weighted by Gasteiger charge is -2.22. The minimum atomic E-state index is -0.414. The second-order valence-corrected chi connectivity index (χ2v) is 5.79. The summed E-state index contributed by atoms with van der Waals surface area (Å²) >= 11 is 0. The van der Waals surface area contributed by atoms with Gasteiger partial charge < -0.3 is 10.0 Å². The van der Waals surface area contributed by atoms with E-state index >= 15 is 0 Å². The van der Waals surface area contributed by atoms with Crippen LogP contribution in [0.15, 0.2) is 30.3 Å². The number of aliphatic hydroxyl groups is 1. The Morgan fingerprint density at radius 2 is 1.95 bits per heavy atom. The third-order valence-electron chi connectivity index (χ3n) is 4.57. The van der Waals surface area contributed by atoms with Crippen LogP contribution in [0.5, 0.6) is 0 Å². The normalized spacial score (nSPS) is 30.8. The summed E-state index contributed by atoms with van der Waals surface area (Å²) in [6.45, 7) is 1.65. The van der Waals surface area contributed by atoms with Crippen LogP contribution < -0.4 is 0 Å². The first-order valence-electron chi connectivity index (χ1n) is 7.27. The molecule has 1 aromatic carbocycles. The highest BCUT2D eigenvalue weighted by Crippen LogP contribution is 2.32. The third kappa shape index (κ3) is 2.52. The molecule has 2 aliphatic rings. The quantitative estimate of drug-likeness (QED) is 0.884. The number of nitrogens with zero attached hydrogens (tertiary/aromatic N) is 1. The molecule has 0 bridgehead atoms. The van der Waals surface area contributed by atoms with Crippen LogP contribution >= 0.6 is 0 Å². The molecular formula is C16H21NO2. The van der Waals surface area contributed by atoms with Crippen molar-refractivity contribution in [2.45, 2.75) is 37.7 Å². The Bertz CT molecular complexity index is 445. The van der Waals surface area contributed by atoms with E-state index < -0.39 is 6.10 Å². The van der Waals surface area contributed by atoms with Crippen LogP contribution in [-0.4, -0.2) is 35.1 Å². The van der Waals surface area contributed by atoms with Crippen LogP contribution in [0, 0.1) is 5.92 Å². The number of amides is 1. The van der Waals surface area contributed by atoms with Gasteiger partial charge in [-0.3, -0.25) is 4.79 Å². The van der Waals surface area contributed by atoms with E-state index in [1.54, 1.807) is 0 Å². The van der Waals surface area contributed by atoms with Crippen LogP contribution in [0.3, 0.4) is 0 Å². The van der Waals surface area contributed by atoms with Gasteiger partial charge >= 0.3 is 0 Å². The number of likely N-dealkylation sites (tertiary alicyclic amines) is 1. The van der Waals surface area contributed by atoms with Gasteiger partial charge in [0.25, 0.3) is 0 Å². The minimum Gasteiger partial charge on any atom is -0.392 e. The van der Waals surface area contributed by atoms with Gasteiger partial charge in [0.15, 0.2) is 0 Å². The highest BCUT2D eigenvalue weighted by atomic mass is 16.3. The maximum atomic E-state index is 12.4. The zero-order valence-corrected chi connectivity index (χ0v) is 11.2. The summed E-state index contributed by atoms with van der Waals surface area (Å²) in [6, 6.07) is 10.4. The van der Waals surface area contributed by atoms with Gasteiger partial charge in [0.05, 0.1) is 12.0 Å². The molecule has 0 aromatic heterocycles. The van der Waals surface area contributed by atoms with Gasteiger partial charge in [0, 0.05) is 19.0 Å². The Hall–Kier alpha value is -1.35. The van der Waals surface area contributed by atoms with Crippen molar-refractivity contribution in [1.29, 1.82) is 0 Å². The van der Waals surface area contributed by atoms with Crippen molar-refractivity contribution in [2.75, 3.05) is 13.1 Å². The lowest BCUT2D eigenvalue weighted by Crippen LogP contribution is -2.37. The molecule has 1 heterocycles. The van der Waals surface area contributed by atoms with Gasteiger partial charge in [-0.05, 0) is 31.2 Å². The fourth-order valence-electron chi connectivity index (χ4n) is 3.42. The summed E-state index contributed by atoms with van der Waals surface area (Å²) in [5.41, 5.74) is 1.32. The Morgan fingerprint density at radius 3 is 2.63 bits per heavy atom. The first kappa shape index (κ1) is 12.7. The molecule has 1 aliphatic carbocycles. The highest BCUT2D eigenvalue weighted by molar-refractivity contribution is 5.80. The number of aliphatic hydroxyl groups excluding tert-OH is 1. The zero-order chi connectivity index (χ0) is 13.2. The standard InChI is InChI=1S/C16H21NO2/c18-15-8-4-7-14(15)16(19)17-10-9-13(11-17)12-5-2-1-3-6-12/h1-3,5-6,13-15,18H,4,7-11H2. The van der Waals surface area contributed by atoms with Gasteiger partial charge in [-0.2, -0.15) is 0 Å². The number of rotatable bonds is 2. The summed E-state index contributed by atoms with van der Waals surface area (Å²) in [4.78, 5) is 14.4. The fraction of sp³-hybridized carbons (Fsp3) is 0.562. The van der Waals surface area contributed by atoms with Crippen molar-refractivity contribution < 1.29 is 9.90 Å². The van der Waals surface area contributed by atoms with Crippen molar-refractivity contribution >= 4 is 5.91 Å².